The Morgan fingerprint density at radius 3 is 2.86 bits per heavy atom. The van der Waals surface area contributed by atoms with Crippen molar-refractivity contribution < 1.29 is 9.84 Å². The molecule has 0 heterocycles. The first-order chi connectivity index (χ1) is 6.73. The van der Waals surface area contributed by atoms with Gasteiger partial charge in [-0.1, -0.05) is 12.2 Å². The molecule has 0 radical (unpaired) electrons. The molecule has 2 aliphatic rings. The molecular formula is C11H15ClO2. The zero-order valence-electron chi connectivity index (χ0n) is 8.08. The number of alkyl halides is 1. The number of rotatable bonds is 4. The van der Waals surface area contributed by atoms with Gasteiger partial charge in [-0.2, -0.15) is 0 Å². The van der Waals surface area contributed by atoms with Crippen molar-refractivity contribution in [2.45, 2.75) is 25.0 Å². The van der Waals surface area contributed by atoms with E-state index in [1.165, 1.54) is 18.4 Å². The van der Waals surface area contributed by atoms with E-state index in [2.05, 4.69) is 6.08 Å². The van der Waals surface area contributed by atoms with Crippen LogP contribution in [0.3, 0.4) is 0 Å². The van der Waals surface area contributed by atoms with Crippen molar-refractivity contribution in [3.63, 3.8) is 0 Å². The molecule has 1 N–H and O–H groups in total. The molecule has 1 fully saturated rings. The molecule has 0 aliphatic heterocycles. The Kier molecular flexibility index (Phi) is 2.96. The second-order valence-electron chi connectivity index (χ2n) is 3.90. The monoisotopic (exact) mass is 214 g/mol. The number of ether oxygens (including phenoxy) is 1. The van der Waals surface area contributed by atoms with Crippen LogP contribution in [-0.2, 0) is 4.74 Å². The lowest BCUT2D eigenvalue weighted by atomic mass is 9.99. The third-order valence-electron chi connectivity index (χ3n) is 2.64. The van der Waals surface area contributed by atoms with Crippen molar-refractivity contribution >= 4 is 11.6 Å². The Hall–Kier alpha value is -0.310. The van der Waals surface area contributed by atoms with Gasteiger partial charge in [0.1, 0.15) is 0 Å². The molecular weight excluding hydrogens is 200 g/mol. The molecule has 2 nitrogen and oxygen atoms in total. The number of allylic oxidation sites excluding steroid dienone is 2. The van der Waals surface area contributed by atoms with Gasteiger partial charge in [-0.25, -0.2) is 0 Å². The first-order valence-corrected chi connectivity index (χ1v) is 5.58. The summed E-state index contributed by atoms with van der Waals surface area (Å²) in [6.07, 6.45) is 8.93. The van der Waals surface area contributed by atoms with E-state index < -0.39 is 5.79 Å². The summed E-state index contributed by atoms with van der Waals surface area (Å²) in [6, 6.07) is 0. The van der Waals surface area contributed by atoms with Gasteiger partial charge >= 0.3 is 0 Å². The quantitative estimate of drug-likeness (QED) is 0.575. The number of hydrogen-bond acceptors (Lipinski definition) is 2. The van der Waals surface area contributed by atoms with Crippen LogP contribution >= 0.6 is 11.6 Å². The average Bonchev–Trinajstić information content (AvgIpc) is 3.00. The lowest BCUT2D eigenvalue weighted by Gasteiger charge is -2.26. The van der Waals surface area contributed by atoms with E-state index in [1.807, 2.05) is 6.08 Å². The summed E-state index contributed by atoms with van der Waals surface area (Å²) in [6.45, 7) is 0.384. The van der Waals surface area contributed by atoms with Gasteiger partial charge in [-0.05, 0) is 30.4 Å². The standard InChI is InChI=1S/C11H15ClO2/c12-7-8-14-11(13)5-3-10(4-6-11)9-1-2-9/h3-5,9,13H,1-2,6-8H2. The minimum absolute atomic E-state index is 0.384. The molecule has 0 aromatic carbocycles. The van der Waals surface area contributed by atoms with Crippen molar-refractivity contribution in [2.75, 3.05) is 12.5 Å². The Morgan fingerprint density at radius 2 is 2.36 bits per heavy atom. The van der Waals surface area contributed by atoms with E-state index >= 15 is 0 Å². The zero-order valence-corrected chi connectivity index (χ0v) is 8.83. The van der Waals surface area contributed by atoms with Crippen LogP contribution in [0.2, 0.25) is 0 Å². The second kappa shape index (κ2) is 4.05. The molecule has 78 valence electrons. The van der Waals surface area contributed by atoms with Crippen LogP contribution in [0.5, 0.6) is 0 Å². The van der Waals surface area contributed by atoms with Crippen LogP contribution in [0.1, 0.15) is 19.3 Å². The maximum Gasteiger partial charge on any atom is 0.189 e. The van der Waals surface area contributed by atoms with Gasteiger partial charge in [0.25, 0.3) is 0 Å². The fourth-order valence-electron chi connectivity index (χ4n) is 1.67. The number of hydrogen-bond donors (Lipinski definition) is 1. The van der Waals surface area contributed by atoms with Crippen LogP contribution in [0, 0.1) is 5.92 Å². The molecule has 0 aromatic heterocycles. The van der Waals surface area contributed by atoms with E-state index in [4.69, 9.17) is 16.3 Å². The minimum atomic E-state index is -1.12. The van der Waals surface area contributed by atoms with E-state index in [9.17, 15) is 5.11 Å². The van der Waals surface area contributed by atoms with Crippen molar-refractivity contribution in [2.24, 2.45) is 5.92 Å². The van der Waals surface area contributed by atoms with Crippen LogP contribution in [0.25, 0.3) is 0 Å². The van der Waals surface area contributed by atoms with Crippen LogP contribution in [0.4, 0.5) is 0 Å². The summed E-state index contributed by atoms with van der Waals surface area (Å²) < 4.78 is 5.26. The van der Waals surface area contributed by atoms with Gasteiger partial charge in [0.05, 0.1) is 6.61 Å². The van der Waals surface area contributed by atoms with E-state index in [0.29, 0.717) is 18.9 Å². The molecule has 0 bridgehead atoms. The number of halogens is 1. The van der Waals surface area contributed by atoms with Gasteiger partial charge in [0, 0.05) is 12.3 Å². The van der Waals surface area contributed by atoms with E-state index in [-0.39, 0.29) is 0 Å². The fraction of sp³-hybridized carbons (Fsp3) is 0.636. The molecule has 0 spiro atoms. The molecule has 14 heavy (non-hydrogen) atoms. The maximum atomic E-state index is 9.91. The molecule has 2 rings (SSSR count). The molecule has 0 saturated heterocycles. The Morgan fingerprint density at radius 1 is 1.57 bits per heavy atom. The third-order valence-corrected chi connectivity index (χ3v) is 2.80. The molecule has 0 aromatic rings. The smallest absolute Gasteiger partial charge is 0.189 e. The largest absolute Gasteiger partial charge is 0.362 e. The van der Waals surface area contributed by atoms with Gasteiger partial charge in [-0.3, -0.25) is 0 Å². The van der Waals surface area contributed by atoms with Crippen molar-refractivity contribution in [1.29, 1.82) is 0 Å². The summed E-state index contributed by atoms with van der Waals surface area (Å²) in [5, 5.41) is 9.91. The maximum absolute atomic E-state index is 9.91. The van der Waals surface area contributed by atoms with Crippen LogP contribution in [0.15, 0.2) is 23.8 Å². The van der Waals surface area contributed by atoms with Crippen molar-refractivity contribution in [3.05, 3.63) is 23.8 Å². The van der Waals surface area contributed by atoms with Crippen LogP contribution in [-0.4, -0.2) is 23.4 Å². The highest BCUT2D eigenvalue weighted by molar-refractivity contribution is 6.17. The SMILES string of the molecule is OC1(OCCCl)C=CC(C2CC2)=CC1. The summed E-state index contributed by atoms with van der Waals surface area (Å²) >= 11 is 5.50. The summed E-state index contributed by atoms with van der Waals surface area (Å²) in [4.78, 5) is 0. The topological polar surface area (TPSA) is 29.5 Å². The Labute approximate surface area is 89.2 Å². The van der Waals surface area contributed by atoms with Gasteiger partial charge in [0.2, 0.25) is 0 Å². The highest BCUT2D eigenvalue weighted by Crippen LogP contribution is 2.39. The summed E-state index contributed by atoms with van der Waals surface area (Å²) in [5.74, 6) is 0.0339. The van der Waals surface area contributed by atoms with Gasteiger partial charge < -0.3 is 9.84 Å². The summed E-state index contributed by atoms with van der Waals surface area (Å²) in [5.41, 5.74) is 1.35. The second-order valence-corrected chi connectivity index (χ2v) is 4.28. The third kappa shape index (κ3) is 2.38. The highest BCUT2D eigenvalue weighted by Gasteiger charge is 2.30. The fourth-order valence-corrected chi connectivity index (χ4v) is 1.75. The predicted molar refractivity (Wildman–Crippen MR) is 56.2 cm³/mol. The normalized spacial score (nSPS) is 31.7. The zero-order chi connectivity index (χ0) is 10.0. The molecule has 0 amide bonds. The molecule has 1 atom stereocenters. The van der Waals surface area contributed by atoms with Crippen LogP contribution < -0.4 is 0 Å². The average molecular weight is 215 g/mol. The molecule has 3 heteroatoms. The Balaban J connectivity index is 1.90. The predicted octanol–water partition coefficient (Wildman–Crippen LogP) is 2.23. The molecule has 2 aliphatic carbocycles. The lowest BCUT2D eigenvalue weighted by molar-refractivity contribution is -0.160. The van der Waals surface area contributed by atoms with Gasteiger partial charge in [0.15, 0.2) is 5.79 Å². The number of aliphatic hydroxyl groups is 1. The highest BCUT2D eigenvalue weighted by atomic mass is 35.5. The van der Waals surface area contributed by atoms with Crippen molar-refractivity contribution in [1.82, 2.24) is 0 Å². The molecule has 1 saturated carbocycles. The summed E-state index contributed by atoms with van der Waals surface area (Å²) in [7, 11) is 0. The Bertz CT molecular complexity index is 268. The molecule has 1 unspecified atom stereocenters. The van der Waals surface area contributed by atoms with Gasteiger partial charge in [-0.15, -0.1) is 11.6 Å². The lowest BCUT2D eigenvalue weighted by Crippen LogP contribution is -2.31. The van der Waals surface area contributed by atoms with Crippen molar-refractivity contribution in [3.8, 4) is 0 Å². The van der Waals surface area contributed by atoms with E-state index in [0.717, 1.165) is 5.92 Å². The first-order valence-electron chi connectivity index (χ1n) is 5.05. The minimum Gasteiger partial charge on any atom is -0.362 e. The van der Waals surface area contributed by atoms with E-state index in [1.54, 1.807) is 6.08 Å². The first kappa shape index (κ1) is 10.2.